The quantitative estimate of drug-likeness (QED) is 0.822. The van der Waals surface area contributed by atoms with Crippen LogP contribution in [0.3, 0.4) is 0 Å². The summed E-state index contributed by atoms with van der Waals surface area (Å²) in [7, 11) is -3.96. The molecule has 1 aromatic rings. The first-order chi connectivity index (χ1) is 8.86. The number of carboxylic acid groups (broad SMARTS) is 1. The van der Waals surface area contributed by atoms with Crippen LogP contribution in [0.4, 0.5) is 4.39 Å². The van der Waals surface area contributed by atoms with Crippen LogP contribution in [0.1, 0.15) is 10.4 Å². The minimum absolute atomic E-state index is 0.119. The van der Waals surface area contributed by atoms with Crippen LogP contribution >= 0.6 is 0 Å². The van der Waals surface area contributed by atoms with Gasteiger partial charge in [-0.2, -0.15) is 4.31 Å². The van der Waals surface area contributed by atoms with E-state index in [9.17, 15) is 17.6 Å². The standard InChI is InChI=1S/C11H12FNO5S/c12-9-3-8(11(15)16)1-2-10(9)19(17,18)13-4-7(5-13)6-14/h1-3,7,14H,4-6H2,(H,15,16). The molecule has 1 aromatic carbocycles. The van der Waals surface area contributed by atoms with E-state index < -0.39 is 26.7 Å². The molecule has 0 aromatic heterocycles. The average molecular weight is 289 g/mol. The van der Waals surface area contributed by atoms with Gasteiger partial charge in [-0.15, -0.1) is 0 Å². The number of hydrogen-bond acceptors (Lipinski definition) is 4. The predicted molar refractivity (Wildman–Crippen MR) is 62.7 cm³/mol. The number of benzene rings is 1. The van der Waals surface area contributed by atoms with Gasteiger partial charge in [0.25, 0.3) is 0 Å². The number of aliphatic hydroxyl groups is 1. The molecule has 1 saturated heterocycles. The molecular formula is C11H12FNO5S. The van der Waals surface area contributed by atoms with Crippen LogP contribution in [0.2, 0.25) is 0 Å². The summed E-state index contributed by atoms with van der Waals surface area (Å²) in [5.41, 5.74) is -0.312. The fourth-order valence-corrected chi connectivity index (χ4v) is 3.45. The Kier molecular flexibility index (Phi) is 3.57. The van der Waals surface area contributed by atoms with Gasteiger partial charge in [0, 0.05) is 25.6 Å². The van der Waals surface area contributed by atoms with Crippen LogP contribution in [0.25, 0.3) is 0 Å². The van der Waals surface area contributed by atoms with E-state index in [1.807, 2.05) is 0 Å². The summed E-state index contributed by atoms with van der Waals surface area (Å²) < 4.78 is 38.8. The zero-order valence-electron chi connectivity index (χ0n) is 9.78. The Morgan fingerprint density at radius 3 is 2.53 bits per heavy atom. The SMILES string of the molecule is O=C(O)c1ccc(S(=O)(=O)N2CC(CO)C2)c(F)c1. The van der Waals surface area contributed by atoms with Crippen LogP contribution in [0, 0.1) is 11.7 Å². The maximum Gasteiger partial charge on any atom is 0.335 e. The monoisotopic (exact) mass is 289 g/mol. The Labute approximate surface area is 109 Å². The van der Waals surface area contributed by atoms with Gasteiger partial charge in [0.05, 0.1) is 5.56 Å². The molecule has 0 radical (unpaired) electrons. The molecule has 1 heterocycles. The second-order valence-corrected chi connectivity index (χ2v) is 6.23. The van der Waals surface area contributed by atoms with Gasteiger partial charge in [-0.3, -0.25) is 0 Å². The molecular weight excluding hydrogens is 277 g/mol. The van der Waals surface area contributed by atoms with Crippen LogP contribution in [0.5, 0.6) is 0 Å². The zero-order chi connectivity index (χ0) is 14.2. The summed E-state index contributed by atoms with van der Waals surface area (Å²) in [6, 6.07) is 2.67. The minimum Gasteiger partial charge on any atom is -0.478 e. The highest BCUT2D eigenvalue weighted by atomic mass is 32.2. The van der Waals surface area contributed by atoms with Crippen molar-refractivity contribution in [2.24, 2.45) is 5.92 Å². The number of nitrogens with zero attached hydrogens (tertiary/aromatic N) is 1. The Morgan fingerprint density at radius 2 is 2.05 bits per heavy atom. The highest BCUT2D eigenvalue weighted by Crippen LogP contribution is 2.26. The molecule has 6 nitrogen and oxygen atoms in total. The molecule has 0 amide bonds. The normalized spacial score (nSPS) is 17.2. The molecule has 0 spiro atoms. The molecule has 0 atom stereocenters. The van der Waals surface area contributed by atoms with Gasteiger partial charge in [-0.1, -0.05) is 0 Å². The van der Waals surface area contributed by atoms with E-state index in [-0.39, 0.29) is 31.2 Å². The van der Waals surface area contributed by atoms with Crippen LogP contribution in [-0.4, -0.2) is 48.6 Å². The fourth-order valence-electron chi connectivity index (χ4n) is 1.82. The number of carbonyl (C=O) groups is 1. The molecule has 8 heteroatoms. The topological polar surface area (TPSA) is 94.9 Å². The van der Waals surface area contributed by atoms with Crippen molar-refractivity contribution in [1.29, 1.82) is 0 Å². The van der Waals surface area contributed by atoms with Crippen molar-refractivity contribution in [3.05, 3.63) is 29.6 Å². The number of sulfonamides is 1. The van der Waals surface area contributed by atoms with Crippen molar-refractivity contribution < 1.29 is 27.8 Å². The van der Waals surface area contributed by atoms with E-state index >= 15 is 0 Å². The predicted octanol–water partition coefficient (Wildman–Crippen LogP) is 0.137. The lowest BCUT2D eigenvalue weighted by molar-refractivity contribution is 0.0696. The van der Waals surface area contributed by atoms with Crippen LogP contribution < -0.4 is 0 Å². The molecule has 0 unspecified atom stereocenters. The van der Waals surface area contributed by atoms with E-state index in [2.05, 4.69) is 0 Å². The van der Waals surface area contributed by atoms with E-state index in [0.29, 0.717) is 6.07 Å². The second kappa shape index (κ2) is 4.87. The smallest absolute Gasteiger partial charge is 0.335 e. The largest absolute Gasteiger partial charge is 0.478 e. The van der Waals surface area contributed by atoms with Crippen molar-refractivity contribution in [2.75, 3.05) is 19.7 Å². The first kappa shape index (κ1) is 13.9. The number of carboxylic acids is 1. The third kappa shape index (κ3) is 2.46. The first-order valence-corrected chi connectivity index (χ1v) is 6.94. The minimum atomic E-state index is -3.96. The van der Waals surface area contributed by atoms with Crippen molar-refractivity contribution in [3.63, 3.8) is 0 Å². The number of halogens is 1. The molecule has 104 valence electrons. The number of aromatic carboxylic acids is 1. The summed E-state index contributed by atoms with van der Waals surface area (Å²) in [5.74, 6) is -2.55. The van der Waals surface area contributed by atoms with Crippen molar-refractivity contribution in [3.8, 4) is 0 Å². The van der Waals surface area contributed by atoms with Gasteiger partial charge in [0.2, 0.25) is 10.0 Å². The van der Waals surface area contributed by atoms with E-state index in [4.69, 9.17) is 10.2 Å². The fraction of sp³-hybridized carbons (Fsp3) is 0.364. The maximum atomic E-state index is 13.7. The summed E-state index contributed by atoms with van der Waals surface area (Å²) in [6.07, 6.45) is 0. The molecule has 1 aliphatic heterocycles. The highest BCUT2D eigenvalue weighted by molar-refractivity contribution is 7.89. The average Bonchev–Trinajstić information content (AvgIpc) is 2.26. The lowest BCUT2D eigenvalue weighted by Crippen LogP contribution is -2.51. The van der Waals surface area contributed by atoms with Gasteiger partial charge in [-0.05, 0) is 18.2 Å². The number of rotatable bonds is 4. The summed E-state index contributed by atoms with van der Waals surface area (Å²) in [5, 5.41) is 17.5. The molecule has 0 bridgehead atoms. The summed E-state index contributed by atoms with van der Waals surface area (Å²) >= 11 is 0. The molecule has 0 saturated carbocycles. The zero-order valence-corrected chi connectivity index (χ0v) is 10.6. The lowest BCUT2D eigenvalue weighted by Gasteiger charge is -2.36. The molecule has 2 N–H and O–H groups in total. The third-order valence-electron chi connectivity index (χ3n) is 2.98. The van der Waals surface area contributed by atoms with E-state index in [1.165, 1.54) is 0 Å². The number of aliphatic hydroxyl groups excluding tert-OH is 1. The van der Waals surface area contributed by atoms with Gasteiger partial charge in [0.15, 0.2) is 0 Å². The van der Waals surface area contributed by atoms with Crippen molar-refractivity contribution in [1.82, 2.24) is 4.31 Å². The molecule has 0 aliphatic carbocycles. The van der Waals surface area contributed by atoms with Crippen molar-refractivity contribution >= 4 is 16.0 Å². The van der Waals surface area contributed by atoms with E-state index in [0.717, 1.165) is 16.4 Å². The Morgan fingerprint density at radius 1 is 1.42 bits per heavy atom. The van der Waals surface area contributed by atoms with Gasteiger partial charge in [-0.25, -0.2) is 17.6 Å². The Hall–Kier alpha value is -1.51. The van der Waals surface area contributed by atoms with Gasteiger partial charge in [0.1, 0.15) is 10.7 Å². The lowest BCUT2D eigenvalue weighted by atomic mass is 10.1. The first-order valence-electron chi connectivity index (χ1n) is 5.50. The summed E-state index contributed by atoms with van der Waals surface area (Å²) in [6.45, 7) is 0.157. The Balaban J connectivity index is 2.29. The van der Waals surface area contributed by atoms with Gasteiger partial charge >= 0.3 is 5.97 Å². The van der Waals surface area contributed by atoms with Crippen LogP contribution in [0.15, 0.2) is 23.1 Å². The summed E-state index contributed by atoms with van der Waals surface area (Å²) in [4.78, 5) is 10.1. The van der Waals surface area contributed by atoms with Gasteiger partial charge < -0.3 is 10.2 Å². The van der Waals surface area contributed by atoms with Crippen LogP contribution in [-0.2, 0) is 10.0 Å². The molecule has 2 rings (SSSR count). The molecule has 1 fully saturated rings. The second-order valence-electron chi connectivity index (χ2n) is 4.32. The van der Waals surface area contributed by atoms with E-state index in [1.54, 1.807) is 0 Å². The third-order valence-corrected chi connectivity index (χ3v) is 4.84. The van der Waals surface area contributed by atoms with Crippen molar-refractivity contribution in [2.45, 2.75) is 4.90 Å². The highest BCUT2D eigenvalue weighted by Gasteiger charge is 2.37. The maximum absolute atomic E-state index is 13.7. The molecule has 1 aliphatic rings. The molecule has 19 heavy (non-hydrogen) atoms. The number of hydrogen-bond donors (Lipinski definition) is 2. The Bertz CT molecular complexity index is 610.